The van der Waals surface area contributed by atoms with Gasteiger partial charge in [-0.05, 0) is 43.4 Å². The third kappa shape index (κ3) is 5.41. The third-order valence-electron chi connectivity index (χ3n) is 6.23. The first-order chi connectivity index (χ1) is 18.0. The largest absolute Gasteiger partial charge is 0.383 e. The van der Waals surface area contributed by atoms with E-state index < -0.39 is 11.8 Å². The summed E-state index contributed by atoms with van der Waals surface area (Å²) >= 11 is 6.69. The van der Waals surface area contributed by atoms with Crippen molar-refractivity contribution < 1.29 is 5.76 Å². The van der Waals surface area contributed by atoms with Crippen molar-refractivity contribution in [2.45, 2.75) is 52.6 Å². The summed E-state index contributed by atoms with van der Waals surface area (Å²) in [6.07, 6.45) is 6.58. The highest BCUT2D eigenvalue weighted by Crippen LogP contribution is 2.37. The number of rotatable bonds is 7. The van der Waals surface area contributed by atoms with E-state index in [0.717, 1.165) is 19.0 Å². The van der Waals surface area contributed by atoms with E-state index in [1.54, 1.807) is 13.0 Å². The molecule has 37 heavy (non-hydrogen) atoms. The first-order valence-corrected chi connectivity index (χ1v) is 12.6. The Morgan fingerprint density at radius 2 is 2.08 bits per heavy atom. The van der Waals surface area contributed by atoms with Crippen LogP contribution in [0.3, 0.4) is 0 Å². The van der Waals surface area contributed by atoms with Gasteiger partial charge in [0.25, 0.3) is 0 Å². The average molecular weight is 522 g/mol. The maximum atomic E-state index is 14.4. The van der Waals surface area contributed by atoms with Crippen LogP contribution in [0.1, 0.15) is 57.8 Å². The van der Waals surface area contributed by atoms with Crippen LogP contribution < -0.4 is 21.6 Å². The van der Waals surface area contributed by atoms with Gasteiger partial charge in [-0.2, -0.15) is 5.26 Å². The second-order valence-corrected chi connectivity index (χ2v) is 11.0. The molecule has 5 rings (SSSR count). The molecular formula is C27H30ClFN8. The highest BCUT2D eigenvalue weighted by molar-refractivity contribution is 6.35. The number of fused-ring (bicyclic) bond motifs is 1. The summed E-state index contributed by atoms with van der Waals surface area (Å²) < 4.78 is 24.0. The Hall–Kier alpha value is -3.61. The fraction of sp³-hybridized carbons (Fsp3) is 0.370. The lowest BCUT2D eigenvalue weighted by molar-refractivity contribution is 0.260. The zero-order valence-corrected chi connectivity index (χ0v) is 22.0. The number of nitrogens with zero attached hydrogens (tertiary/aromatic N) is 4. The average Bonchev–Trinajstić information content (AvgIpc) is 3.59. The van der Waals surface area contributed by atoms with Crippen molar-refractivity contribution in [3.05, 3.63) is 70.2 Å². The number of aryl methyl sites for hydroxylation is 1. The normalized spacial score (nSPS) is 17.5. The number of benzene rings is 1. The van der Waals surface area contributed by atoms with Gasteiger partial charge in [0.2, 0.25) is 0 Å². The lowest BCUT2D eigenvalue weighted by Gasteiger charge is -2.24. The van der Waals surface area contributed by atoms with Crippen LogP contribution in [0.15, 0.2) is 42.5 Å². The smallest absolute Gasteiger partial charge is 0.141 e. The molecule has 1 aliphatic heterocycles. The topological polar surface area (TPSA) is 101 Å². The second kappa shape index (κ2) is 9.69. The fourth-order valence-electron chi connectivity index (χ4n) is 4.15. The Labute approximate surface area is 222 Å². The second-order valence-electron chi connectivity index (χ2n) is 10.6. The van der Waals surface area contributed by atoms with Gasteiger partial charge >= 0.3 is 0 Å². The summed E-state index contributed by atoms with van der Waals surface area (Å²) in [5, 5.41) is 19.4. The molecule has 0 saturated heterocycles. The molecule has 1 aliphatic carbocycles. The van der Waals surface area contributed by atoms with E-state index in [1.807, 2.05) is 17.3 Å². The number of hydrazine groups is 2. The molecule has 1 fully saturated rings. The van der Waals surface area contributed by atoms with E-state index >= 15 is 0 Å². The van der Waals surface area contributed by atoms with Gasteiger partial charge in [0.15, 0.2) is 0 Å². The van der Waals surface area contributed by atoms with Crippen molar-refractivity contribution in [3.63, 3.8) is 0 Å². The van der Waals surface area contributed by atoms with Gasteiger partial charge in [-0.1, -0.05) is 32.4 Å². The molecule has 10 heteroatoms. The lowest BCUT2D eigenvalue weighted by Crippen LogP contribution is -2.38. The Morgan fingerprint density at radius 3 is 2.78 bits per heavy atom. The van der Waals surface area contributed by atoms with E-state index in [4.69, 9.17) is 11.6 Å². The minimum atomic E-state index is -1.65. The predicted molar refractivity (Wildman–Crippen MR) is 144 cm³/mol. The molecular weight excluding hydrogens is 491 g/mol. The Kier molecular flexibility index (Phi) is 6.22. The number of hydrogen-bond donors (Lipinski definition) is 4. The molecule has 0 bridgehead atoms. The van der Waals surface area contributed by atoms with Crippen molar-refractivity contribution in [2.75, 3.05) is 17.2 Å². The van der Waals surface area contributed by atoms with Gasteiger partial charge in [0.05, 0.1) is 41.1 Å². The van der Waals surface area contributed by atoms with E-state index in [0.29, 0.717) is 62.4 Å². The van der Waals surface area contributed by atoms with Crippen LogP contribution in [-0.2, 0) is 0 Å². The van der Waals surface area contributed by atoms with Crippen molar-refractivity contribution >= 4 is 33.9 Å². The van der Waals surface area contributed by atoms with Gasteiger partial charge in [-0.25, -0.2) is 4.39 Å². The minimum absolute atomic E-state index is 0.0404. The van der Waals surface area contributed by atoms with Crippen molar-refractivity contribution in [3.8, 4) is 6.07 Å². The van der Waals surface area contributed by atoms with Gasteiger partial charge < -0.3 is 16.1 Å². The predicted octanol–water partition coefficient (Wildman–Crippen LogP) is 5.54. The molecule has 0 radical (unpaired) electrons. The number of halogens is 2. The molecule has 192 valence electrons. The summed E-state index contributed by atoms with van der Waals surface area (Å²) in [6, 6.07) is 5.72. The molecule has 2 aromatic heterocycles. The van der Waals surface area contributed by atoms with Crippen LogP contribution in [0.4, 0.5) is 15.8 Å². The molecule has 0 spiro atoms. The first-order valence-electron chi connectivity index (χ1n) is 12.7. The first kappa shape index (κ1) is 23.8. The Bertz CT molecular complexity index is 1480. The molecule has 1 aromatic carbocycles. The fourth-order valence-corrected chi connectivity index (χ4v) is 4.42. The number of aromatic nitrogens is 2. The van der Waals surface area contributed by atoms with E-state index in [2.05, 4.69) is 58.4 Å². The number of anilines is 2. The summed E-state index contributed by atoms with van der Waals surface area (Å²) in [5.41, 5.74) is 9.53. The van der Waals surface area contributed by atoms with Crippen molar-refractivity contribution in [1.29, 1.82) is 5.26 Å². The molecule has 1 unspecified atom stereocenters. The third-order valence-corrected chi connectivity index (χ3v) is 6.52. The molecule has 4 N–H and O–H groups in total. The van der Waals surface area contributed by atoms with E-state index in [9.17, 15) is 11.0 Å². The molecule has 0 amide bonds. The number of hydrogen-bond acceptors (Lipinski definition) is 8. The van der Waals surface area contributed by atoms with Crippen LogP contribution >= 0.6 is 11.6 Å². The van der Waals surface area contributed by atoms with Gasteiger partial charge in [0, 0.05) is 47.3 Å². The van der Waals surface area contributed by atoms with Gasteiger partial charge in [-0.3, -0.25) is 15.0 Å². The minimum Gasteiger partial charge on any atom is -0.383 e. The van der Waals surface area contributed by atoms with Crippen molar-refractivity contribution in [2.24, 2.45) is 5.41 Å². The van der Waals surface area contributed by atoms with E-state index in [1.165, 1.54) is 12.3 Å². The molecule has 8 nitrogen and oxygen atoms in total. The summed E-state index contributed by atoms with van der Waals surface area (Å²) in [4.78, 5) is 8.59. The molecule has 1 atom stereocenters. The number of pyridine rings is 2. The standard InChI is InChI=1S/C27H30ClFN8/c1-15-20(7-17(29)12-31-15)26(23-13-37(36-35-23)19-5-6-19)34-18-8-21-24(33-14-27(2,3)4)16(10-30)11-32-25(21)22(28)9-18/h7-9,11-13,19,26,34-36H,5-6,14H2,1-4H3,(H,32,33)/i26D. The highest BCUT2D eigenvalue weighted by Gasteiger charge is 2.33. The zero-order valence-electron chi connectivity index (χ0n) is 22.2. The number of nitriles is 1. The van der Waals surface area contributed by atoms with Crippen LogP contribution in [-0.4, -0.2) is 27.6 Å². The van der Waals surface area contributed by atoms with Crippen LogP contribution in [0.2, 0.25) is 5.02 Å². The molecule has 3 heterocycles. The van der Waals surface area contributed by atoms with E-state index in [-0.39, 0.29) is 5.41 Å². The van der Waals surface area contributed by atoms with Crippen molar-refractivity contribution in [1.82, 2.24) is 25.9 Å². The lowest BCUT2D eigenvalue weighted by atomic mass is 9.96. The monoisotopic (exact) mass is 521 g/mol. The summed E-state index contributed by atoms with van der Waals surface area (Å²) in [5.74, 6) is -0.539. The quantitative estimate of drug-likeness (QED) is 0.321. The summed E-state index contributed by atoms with van der Waals surface area (Å²) in [6.45, 7) is 8.65. The Morgan fingerprint density at radius 1 is 1.30 bits per heavy atom. The highest BCUT2D eigenvalue weighted by atomic mass is 35.5. The van der Waals surface area contributed by atoms with Gasteiger partial charge in [-0.15, -0.1) is 5.53 Å². The van der Waals surface area contributed by atoms with Crippen LogP contribution in [0.25, 0.3) is 10.9 Å². The number of nitrogens with one attached hydrogen (secondary N) is 4. The maximum absolute atomic E-state index is 14.4. The SMILES string of the molecule is [2H]C(Nc1cc(Cl)c2ncc(C#N)c(NCC(C)(C)C)c2c1)(C1=CN(C2CC2)NN1)c1cc(F)cnc1C. The summed E-state index contributed by atoms with van der Waals surface area (Å²) in [7, 11) is 0. The molecule has 1 saturated carbocycles. The van der Waals surface area contributed by atoms with Crippen LogP contribution in [0.5, 0.6) is 0 Å². The molecule has 2 aliphatic rings. The zero-order chi connectivity index (χ0) is 27.2. The maximum Gasteiger partial charge on any atom is 0.141 e. The Balaban J connectivity index is 1.63. The molecule has 3 aromatic rings. The van der Waals surface area contributed by atoms with Crippen LogP contribution in [0, 0.1) is 29.5 Å². The van der Waals surface area contributed by atoms with Gasteiger partial charge in [0.1, 0.15) is 11.9 Å².